The highest BCUT2D eigenvalue weighted by Gasteiger charge is 2.30. The number of alkyl halides is 3. The van der Waals surface area contributed by atoms with Gasteiger partial charge in [-0.25, -0.2) is 0 Å². The molecule has 8 heteroatoms. The second kappa shape index (κ2) is 5.89. The van der Waals surface area contributed by atoms with Crippen LogP contribution in [0.3, 0.4) is 0 Å². The highest BCUT2D eigenvalue weighted by atomic mass is 19.4. The van der Waals surface area contributed by atoms with Crippen molar-refractivity contribution in [3.05, 3.63) is 24.3 Å². The van der Waals surface area contributed by atoms with Crippen LogP contribution in [0.1, 0.15) is 0 Å². The number of hydrogen-bond acceptors (Lipinski definition) is 4. The highest BCUT2D eigenvalue weighted by molar-refractivity contribution is 6.31. The maximum absolute atomic E-state index is 11.9. The Balaban J connectivity index is 2.60. The van der Waals surface area contributed by atoms with Crippen LogP contribution in [-0.2, 0) is 9.63 Å². The molecule has 0 spiro atoms. The fraction of sp³-hybridized carbons (Fsp3) is 0.200. The minimum atomic E-state index is -4.74. The number of carbonyl (C=O) groups excluding carboxylic acids is 1. The van der Waals surface area contributed by atoms with E-state index in [1.54, 1.807) is 0 Å². The van der Waals surface area contributed by atoms with E-state index in [-0.39, 0.29) is 5.75 Å². The topological polar surface area (TPSA) is 59.9 Å². The zero-order valence-electron chi connectivity index (χ0n) is 9.19. The highest BCUT2D eigenvalue weighted by Crippen LogP contribution is 2.23. The first-order chi connectivity index (χ1) is 8.40. The number of anilines is 1. The Bertz CT molecular complexity index is 429. The quantitative estimate of drug-likeness (QED) is 0.668. The van der Waals surface area contributed by atoms with Crippen LogP contribution in [0.2, 0.25) is 0 Å². The van der Waals surface area contributed by atoms with Crippen LogP contribution in [0, 0.1) is 0 Å². The zero-order valence-corrected chi connectivity index (χ0v) is 9.19. The summed E-state index contributed by atoms with van der Waals surface area (Å²) in [5, 5.41) is 5.59. The standard InChI is InChI=1S/C10H9F3N2O3/c1-17-14-6-9(16)15-7-2-4-8(5-3-7)18-10(11,12)13/h2-6H,1H3,(H,15,16). The summed E-state index contributed by atoms with van der Waals surface area (Å²) in [6, 6.07) is 4.69. The Labute approximate surface area is 100 Å². The van der Waals surface area contributed by atoms with E-state index >= 15 is 0 Å². The summed E-state index contributed by atoms with van der Waals surface area (Å²) in [6.07, 6.45) is -3.85. The van der Waals surface area contributed by atoms with Gasteiger partial charge < -0.3 is 14.9 Å². The molecule has 0 aromatic heterocycles. The Morgan fingerprint density at radius 3 is 2.44 bits per heavy atom. The molecule has 98 valence electrons. The van der Waals surface area contributed by atoms with Gasteiger partial charge in [-0.3, -0.25) is 4.79 Å². The van der Waals surface area contributed by atoms with Crippen LogP contribution in [0.4, 0.5) is 18.9 Å². The monoisotopic (exact) mass is 262 g/mol. The van der Waals surface area contributed by atoms with Gasteiger partial charge in [0, 0.05) is 5.69 Å². The fourth-order valence-corrected chi connectivity index (χ4v) is 1.02. The summed E-state index contributed by atoms with van der Waals surface area (Å²) in [4.78, 5) is 15.4. The number of benzene rings is 1. The number of rotatable bonds is 4. The Hall–Kier alpha value is -2.25. The van der Waals surface area contributed by atoms with Gasteiger partial charge in [0.1, 0.15) is 19.1 Å². The number of oxime groups is 1. The molecule has 0 radical (unpaired) electrons. The van der Waals surface area contributed by atoms with Crippen molar-refractivity contribution >= 4 is 17.8 Å². The minimum absolute atomic E-state index is 0.303. The Morgan fingerprint density at radius 1 is 1.33 bits per heavy atom. The van der Waals surface area contributed by atoms with Crippen molar-refractivity contribution in [2.45, 2.75) is 6.36 Å². The van der Waals surface area contributed by atoms with Crippen LogP contribution in [0.15, 0.2) is 29.4 Å². The van der Waals surface area contributed by atoms with Crippen LogP contribution >= 0.6 is 0 Å². The van der Waals surface area contributed by atoms with E-state index in [1.807, 2.05) is 0 Å². The van der Waals surface area contributed by atoms with Crippen molar-refractivity contribution in [1.82, 2.24) is 0 Å². The first-order valence-corrected chi connectivity index (χ1v) is 4.64. The molecule has 5 nitrogen and oxygen atoms in total. The third-order valence-electron chi connectivity index (χ3n) is 1.63. The number of ether oxygens (including phenoxy) is 1. The van der Waals surface area contributed by atoms with Crippen molar-refractivity contribution in [1.29, 1.82) is 0 Å². The molecule has 0 bridgehead atoms. The molecule has 0 aliphatic heterocycles. The summed E-state index contributed by atoms with van der Waals surface area (Å²) in [7, 11) is 1.27. The minimum Gasteiger partial charge on any atom is -0.406 e. The van der Waals surface area contributed by atoms with E-state index in [4.69, 9.17) is 0 Å². The third kappa shape index (κ3) is 5.19. The number of nitrogens with zero attached hydrogens (tertiary/aromatic N) is 1. The van der Waals surface area contributed by atoms with E-state index in [9.17, 15) is 18.0 Å². The summed E-state index contributed by atoms with van der Waals surface area (Å²) in [5.74, 6) is -0.938. The van der Waals surface area contributed by atoms with Crippen LogP contribution in [-0.4, -0.2) is 25.6 Å². The smallest absolute Gasteiger partial charge is 0.406 e. The van der Waals surface area contributed by atoms with Gasteiger partial charge in [-0.05, 0) is 24.3 Å². The SMILES string of the molecule is CON=CC(=O)Nc1ccc(OC(F)(F)F)cc1. The molecule has 0 aliphatic carbocycles. The first-order valence-electron chi connectivity index (χ1n) is 4.64. The lowest BCUT2D eigenvalue weighted by molar-refractivity contribution is -0.274. The Kier molecular flexibility index (Phi) is 4.52. The van der Waals surface area contributed by atoms with Crippen molar-refractivity contribution in [3.63, 3.8) is 0 Å². The second-order valence-corrected chi connectivity index (χ2v) is 2.98. The number of hydrogen-bond donors (Lipinski definition) is 1. The molecule has 0 saturated heterocycles. The summed E-state index contributed by atoms with van der Waals surface area (Å²) in [6.45, 7) is 0. The largest absolute Gasteiger partial charge is 0.573 e. The van der Waals surface area contributed by atoms with E-state index in [0.29, 0.717) is 5.69 Å². The summed E-state index contributed by atoms with van der Waals surface area (Å²) >= 11 is 0. The van der Waals surface area contributed by atoms with E-state index in [0.717, 1.165) is 18.3 Å². The van der Waals surface area contributed by atoms with Crippen molar-refractivity contribution in [2.24, 2.45) is 5.16 Å². The zero-order chi connectivity index (χ0) is 13.6. The van der Waals surface area contributed by atoms with Crippen LogP contribution in [0.5, 0.6) is 5.75 Å². The molecule has 0 unspecified atom stereocenters. The molecule has 0 heterocycles. The van der Waals surface area contributed by atoms with Gasteiger partial charge in [-0.2, -0.15) is 0 Å². The van der Waals surface area contributed by atoms with Gasteiger partial charge in [0.05, 0.1) is 0 Å². The number of halogens is 3. The maximum Gasteiger partial charge on any atom is 0.573 e. The average molecular weight is 262 g/mol. The lowest BCUT2D eigenvalue weighted by Crippen LogP contribution is -2.17. The van der Waals surface area contributed by atoms with Crippen LogP contribution in [0.25, 0.3) is 0 Å². The van der Waals surface area contributed by atoms with E-state index < -0.39 is 12.3 Å². The molecule has 1 aromatic rings. The molecular formula is C10H9F3N2O3. The lowest BCUT2D eigenvalue weighted by Gasteiger charge is -2.09. The predicted octanol–water partition coefficient (Wildman–Crippen LogP) is 2.16. The van der Waals surface area contributed by atoms with Gasteiger partial charge in [-0.15, -0.1) is 13.2 Å². The van der Waals surface area contributed by atoms with E-state index in [1.165, 1.54) is 19.2 Å². The van der Waals surface area contributed by atoms with Crippen molar-refractivity contribution in [2.75, 3.05) is 12.4 Å². The molecule has 18 heavy (non-hydrogen) atoms. The summed E-state index contributed by atoms with van der Waals surface area (Å²) < 4.78 is 39.3. The molecular weight excluding hydrogens is 253 g/mol. The normalized spacial score (nSPS) is 11.3. The Morgan fingerprint density at radius 2 is 1.94 bits per heavy atom. The van der Waals surface area contributed by atoms with Crippen molar-refractivity contribution in [3.8, 4) is 5.75 Å². The number of amides is 1. The second-order valence-electron chi connectivity index (χ2n) is 2.98. The van der Waals surface area contributed by atoms with Gasteiger partial charge >= 0.3 is 6.36 Å². The number of nitrogens with one attached hydrogen (secondary N) is 1. The van der Waals surface area contributed by atoms with Gasteiger partial charge in [0.25, 0.3) is 5.91 Å². The van der Waals surface area contributed by atoms with Gasteiger partial charge in [-0.1, -0.05) is 5.16 Å². The first kappa shape index (κ1) is 13.8. The molecule has 1 amide bonds. The fourth-order valence-electron chi connectivity index (χ4n) is 1.02. The molecule has 1 N–H and O–H groups in total. The lowest BCUT2D eigenvalue weighted by atomic mass is 10.3. The summed E-state index contributed by atoms with van der Waals surface area (Å²) in [5.41, 5.74) is 0.303. The molecule has 0 atom stereocenters. The van der Waals surface area contributed by atoms with Gasteiger partial charge in [0.15, 0.2) is 0 Å². The van der Waals surface area contributed by atoms with Crippen molar-refractivity contribution < 1.29 is 27.5 Å². The molecule has 1 rings (SSSR count). The van der Waals surface area contributed by atoms with Gasteiger partial charge in [0.2, 0.25) is 0 Å². The number of carbonyl (C=O) groups is 1. The third-order valence-corrected chi connectivity index (χ3v) is 1.63. The molecule has 0 fully saturated rings. The molecule has 1 aromatic carbocycles. The maximum atomic E-state index is 11.9. The van der Waals surface area contributed by atoms with Crippen LogP contribution < -0.4 is 10.1 Å². The van der Waals surface area contributed by atoms with E-state index in [2.05, 4.69) is 20.0 Å². The molecule has 0 aliphatic rings. The predicted molar refractivity (Wildman–Crippen MR) is 57.3 cm³/mol. The molecule has 0 saturated carbocycles. The average Bonchev–Trinajstić information content (AvgIpc) is 2.27.